The Hall–Kier alpha value is -1.95. The molecule has 0 aliphatic heterocycles. The summed E-state index contributed by atoms with van der Waals surface area (Å²) in [5.41, 5.74) is 1.07. The van der Waals surface area contributed by atoms with Crippen molar-refractivity contribution in [2.75, 3.05) is 0 Å². The quantitative estimate of drug-likeness (QED) is 0.497. The maximum absolute atomic E-state index is 11.5. The summed E-state index contributed by atoms with van der Waals surface area (Å²) in [5, 5.41) is 3.62. The van der Waals surface area contributed by atoms with Gasteiger partial charge in [-0.3, -0.25) is 0 Å². The van der Waals surface area contributed by atoms with Gasteiger partial charge in [0, 0.05) is 17.7 Å². The molecule has 0 unspecified atom stereocenters. The Morgan fingerprint density at radius 1 is 1.44 bits per heavy atom. The van der Waals surface area contributed by atoms with Crippen molar-refractivity contribution in [3.63, 3.8) is 0 Å². The molecule has 0 amide bonds. The second-order valence-electron chi connectivity index (χ2n) is 3.59. The average Bonchev–Trinajstić information content (AvgIpc) is 2.78. The van der Waals surface area contributed by atoms with Gasteiger partial charge in [-0.25, -0.2) is 9.78 Å². The zero-order chi connectivity index (χ0) is 13.0. The molecule has 2 rings (SSSR count). The molecule has 0 radical (unpaired) electrons. The second-order valence-corrected chi connectivity index (χ2v) is 4.50. The van der Waals surface area contributed by atoms with Crippen LogP contribution in [0, 0.1) is 0 Å². The molecule has 5 nitrogen and oxygen atoms in total. The molecule has 0 atom stereocenters. The lowest BCUT2D eigenvalue weighted by Crippen LogP contribution is -2.01. The number of aryl methyl sites for hydroxylation is 1. The zero-order valence-electron chi connectivity index (χ0n) is 9.58. The Kier molecular flexibility index (Phi) is 3.88. The number of oxime groups is 1. The number of rotatable bonds is 3. The molecule has 1 aromatic heterocycles. The molecule has 6 heteroatoms. The number of aromatic nitrogens is 2. The van der Waals surface area contributed by atoms with Crippen molar-refractivity contribution in [2.45, 2.75) is 0 Å². The van der Waals surface area contributed by atoms with Crippen LogP contribution in [-0.4, -0.2) is 21.7 Å². The van der Waals surface area contributed by atoms with Crippen LogP contribution < -0.4 is 0 Å². The van der Waals surface area contributed by atoms with E-state index in [1.807, 2.05) is 24.3 Å². The third-order valence-corrected chi connectivity index (χ3v) is 2.65. The van der Waals surface area contributed by atoms with Crippen molar-refractivity contribution in [1.29, 1.82) is 0 Å². The maximum atomic E-state index is 11.5. The van der Waals surface area contributed by atoms with E-state index < -0.39 is 5.97 Å². The van der Waals surface area contributed by atoms with Crippen LogP contribution >= 0.6 is 15.9 Å². The van der Waals surface area contributed by atoms with Gasteiger partial charge in [-0.15, -0.1) is 0 Å². The van der Waals surface area contributed by atoms with Crippen LogP contribution in [0.1, 0.15) is 16.1 Å². The summed E-state index contributed by atoms with van der Waals surface area (Å²) in [7, 11) is 1.77. The van der Waals surface area contributed by atoms with Gasteiger partial charge in [0.15, 0.2) is 5.69 Å². The third kappa shape index (κ3) is 3.27. The SMILES string of the molecule is Cn1cnc(C(=O)ON=Cc2ccc(Br)cc2)c1. The fourth-order valence-electron chi connectivity index (χ4n) is 1.25. The number of imidazole rings is 1. The highest BCUT2D eigenvalue weighted by atomic mass is 79.9. The van der Waals surface area contributed by atoms with Crippen LogP contribution in [0.3, 0.4) is 0 Å². The minimum absolute atomic E-state index is 0.227. The molecular formula is C12H10BrN3O2. The van der Waals surface area contributed by atoms with Gasteiger partial charge < -0.3 is 9.40 Å². The van der Waals surface area contributed by atoms with Crippen molar-refractivity contribution >= 4 is 28.1 Å². The highest BCUT2D eigenvalue weighted by molar-refractivity contribution is 9.10. The molecule has 0 saturated carbocycles. The number of halogens is 1. The normalized spacial score (nSPS) is 10.8. The fourth-order valence-corrected chi connectivity index (χ4v) is 1.51. The van der Waals surface area contributed by atoms with Crippen molar-refractivity contribution in [2.24, 2.45) is 12.2 Å². The molecule has 0 saturated heterocycles. The molecule has 0 fully saturated rings. The largest absolute Gasteiger partial charge is 0.385 e. The van der Waals surface area contributed by atoms with Gasteiger partial charge >= 0.3 is 5.97 Å². The van der Waals surface area contributed by atoms with E-state index in [-0.39, 0.29) is 5.69 Å². The van der Waals surface area contributed by atoms with Gasteiger partial charge in [-0.1, -0.05) is 33.2 Å². The first-order chi connectivity index (χ1) is 8.65. The molecule has 92 valence electrons. The lowest BCUT2D eigenvalue weighted by atomic mass is 10.2. The number of nitrogens with zero attached hydrogens (tertiary/aromatic N) is 3. The topological polar surface area (TPSA) is 56.5 Å². The van der Waals surface area contributed by atoms with E-state index in [0.29, 0.717) is 0 Å². The first-order valence-corrected chi connectivity index (χ1v) is 5.93. The van der Waals surface area contributed by atoms with Gasteiger partial charge in [-0.05, 0) is 17.7 Å². The highest BCUT2D eigenvalue weighted by Gasteiger charge is 2.09. The van der Waals surface area contributed by atoms with Crippen molar-refractivity contribution < 1.29 is 9.63 Å². The molecule has 0 aliphatic carbocycles. The lowest BCUT2D eigenvalue weighted by Gasteiger charge is -1.94. The molecule has 0 aliphatic rings. The lowest BCUT2D eigenvalue weighted by molar-refractivity contribution is 0.0513. The Labute approximate surface area is 112 Å². The van der Waals surface area contributed by atoms with E-state index in [4.69, 9.17) is 4.84 Å². The van der Waals surface area contributed by atoms with Gasteiger partial charge in [0.25, 0.3) is 0 Å². The van der Waals surface area contributed by atoms with Crippen molar-refractivity contribution in [3.8, 4) is 0 Å². The molecule has 0 spiro atoms. The molecule has 1 aromatic carbocycles. The molecule has 0 bridgehead atoms. The first-order valence-electron chi connectivity index (χ1n) is 5.13. The zero-order valence-corrected chi connectivity index (χ0v) is 11.2. The van der Waals surface area contributed by atoms with Gasteiger partial charge in [0.05, 0.1) is 12.5 Å². The van der Waals surface area contributed by atoms with E-state index in [1.54, 1.807) is 17.8 Å². The standard InChI is InChI=1S/C12H10BrN3O2/c1-16-7-11(14-8-16)12(17)18-15-6-9-2-4-10(13)5-3-9/h2-8H,1H3. The molecule has 2 aromatic rings. The van der Waals surface area contributed by atoms with Gasteiger partial charge in [0.2, 0.25) is 0 Å². The summed E-state index contributed by atoms with van der Waals surface area (Å²) < 4.78 is 2.64. The van der Waals surface area contributed by atoms with Crippen LogP contribution in [0.2, 0.25) is 0 Å². The van der Waals surface area contributed by atoms with Gasteiger partial charge in [0.1, 0.15) is 0 Å². The Morgan fingerprint density at radius 3 is 2.78 bits per heavy atom. The summed E-state index contributed by atoms with van der Waals surface area (Å²) in [5.74, 6) is -0.580. The number of hydrogen-bond donors (Lipinski definition) is 0. The van der Waals surface area contributed by atoms with E-state index in [2.05, 4.69) is 26.1 Å². The molecule has 1 heterocycles. The van der Waals surface area contributed by atoms with Crippen LogP contribution in [0.15, 0.2) is 46.4 Å². The summed E-state index contributed by atoms with van der Waals surface area (Å²) in [6.07, 6.45) is 4.56. The Morgan fingerprint density at radius 2 is 2.17 bits per heavy atom. The van der Waals surface area contributed by atoms with Crippen LogP contribution in [0.5, 0.6) is 0 Å². The number of carbonyl (C=O) groups is 1. The highest BCUT2D eigenvalue weighted by Crippen LogP contribution is 2.09. The minimum atomic E-state index is -0.580. The Bertz CT molecular complexity index is 575. The number of benzene rings is 1. The predicted octanol–water partition coefficient (Wildman–Crippen LogP) is 2.37. The predicted molar refractivity (Wildman–Crippen MR) is 70.4 cm³/mol. The molecule has 18 heavy (non-hydrogen) atoms. The number of hydrogen-bond acceptors (Lipinski definition) is 4. The summed E-state index contributed by atoms with van der Waals surface area (Å²) >= 11 is 3.33. The summed E-state index contributed by atoms with van der Waals surface area (Å²) in [6, 6.07) is 7.45. The van der Waals surface area contributed by atoms with E-state index in [0.717, 1.165) is 10.0 Å². The fraction of sp³-hybridized carbons (Fsp3) is 0.0833. The van der Waals surface area contributed by atoms with E-state index >= 15 is 0 Å². The van der Waals surface area contributed by atoms with Crippen molar-refractivity contribution in [3.05, 3.63) is 52.5 Å². The summed E-state index contributed by atoms with van der Waals surface area (Å²) in [4.78, 5) is 20.1. The summed E-state index contributed by atoms with van der Waals surface area (Å²) in [6.45, 7) is 0. The maximum Gasteiger partial charge on any atom is 0.385 e. The Balaban J connectivity index is 1.95. The van der Waals surface area contributed by atoms with Crippen molar-refractivity contribution in [1.82, 2.24) is 9.55 Å². The van der Waals surface area contributed by atoms with E-state index in [1.165, 1.54) is 12.5 Å². The minimum Gasteiger partial charge on any atom is -0.340 e. The third-order valence-electron chi connectivity index (χ3n) is 2.12. The van der Waals surface area contributed by atoms with E-state index in [9.17, 15) is 4.79 Å². The molecule has 0 N–H and O–H groups in total. The monoisotopic (exact) mass is 307 g/mol. The first kappa shape index (κ1) is 12.5. The van der Waals surface area contributed by atoms with Gasteiger partial charge in [-0.2, -0.15) is 0 Å². The van der Waals surface area contributed by atoms with Crippen LogP contribution in [0.4, 0.5) is 0 Å². The number of carbonyl (C=O) groups excluding carboxylic acids is 1. The smallest absolute Gasteiger partial charge is 0.340 e. The second kappa shape index (κ2) is 5.59. The average molecular weight is 308 g/mol. The van der Waals surface area contributed by atoms with Crippen LogP contribution in [0.25, 0.3) is 0 Å². The molecular weight excluding hydrogens is 298 g/mol. The van der Waals surface area contributed by atoms with Crippen LogP contribution in [-0.2, 0) is 11.9 Å².